The van der Waals surface area contributed by atoms with Crippen molar-refractivity contribution in [1.29, 1.82) is 0 Å². The molecule has 0 atom stereocenters. The summed E-state index contributed by atoms with van der Waals surface area (Å²) in [5.74, 6) is -2.97. The predicted molar refractivity (Wildman–Crippen MR) is 97.2 cm³/mol. The largest absolute Gasteiger partial charge is 0.477 e. The molecule has 3 aromatic rings. The summed E-state index contributed by atoms with van der Waals surface area (Å²) in [6, 6.07) is 14.3. The van der Waals surface area contributed by atoms with Gasteiger partial charge in [0.25, 0.3) is 0 Å². The van der Waals surface area contributed by atoms with Crippen molar-refractivity contribution in [1.82, 2.24) is 15.0 Å². The number of hydrogen-bond donors (Lipinski definition) is 3. The minimum Gasteiger partial charge on any atom is -0.477 e. The smallest absolute Gasteiger partial charge is 0.354 e. The fraction of sp³-hybridized carbons (Fsp3) is 0. The molecule has 0 saturated carbocycles. The van der Waals surface area contributed by atoms with Gasteiger partial charge in [-0.3, -0.25) is 0 Å². The van der Waals surface area contributed by atoms with E-state index in [9.17, 15) is 14.4 Å². The number of aromatic nitrogens is 3. The van der Waals surface area contributed by atoms with Crippen LogP contribution in [0, 0.1) is 0 Å². The zero-order chi connectivity index (χ0) is 20.1. The quantitative estimate of drug-likeness (QED) is 0.544. The summed E-state index contributed by atoms with van der Waals surface area (Å²) < 4.78 is 0. The van der Waals surface area contributed by atoms with Crippen molar-refractivity contribution in [3.05, 3.63) is 90.3 Å². The molecule has 11 heteroatoms. The third-order valence-corrected chi connectivity index (χ3v) is 2.65. The number of hydrogen-bond acceptors (Lipinski definition) is 6. The summed E-state index contributed by atoms with van der Waals surface area (Å²) >= 11 is 0. The topological polar surface area (TPSA) is 182 Å². The van der Waals surface area contributed by atoms with Crippen molar-refractivity contribution in [2.24, 2.45) is 0 Å². The molecule has 0 saturated heterocycles. The van der Waals surface area contributed by atoms with Gasteiger partial charge in [0.2, 0.25) is 0 Å². The summed E-state index contributed by atoms with van der Waals surface area (Å²) in [7, 11) is 0. The van der Waals surface area contributed by atoms with Crippen LogP contribution in [0.15, 0.2) is 73.2 Å². The first-order valence-electron chi connectivity index (χ1n) is 7.34. The van der Waals surface area contributed by atoms with Crippen LogP contribution in [0.3, 0.4) is 0 Å². The third kappa shape index (κ3) is 11.6. The Morgan fingerprint density at radius 2 is 0.793 bits per heavy atom. The van der Waals surface area contributed by atoms with Crippen molar-refractivity contribution in [3.63, 3.8) is 0 Å². The SMILES string of the molecule is O.O=C(O)c1ccccn1.O=C(O)c1ccccn1.O=C(O)c1ccccn1.[Cr]. The van der Waals surface area contributed by atoms with E-state index in [2.05, 4.69) is 15.0 Å². The Labute approximate surface area is 176 Å². The molecule has 0 aliphatic heterocycles. The molecule has 29 heavy (non-hydrogen) atoms. The first-order valence-corrected chi connectivity index (χ1v) is 7.34. The minimum atomic E-state index is -0.990. The van der Waals surface area contributed by atoms with Crippen molar-refractivity contribution in [2.45, 2.75) is 0 Å². The van der Waals surface area contributed by atoms with E-state index in [1.54, 1.807) is 36.4 Å². The number of carbonyl (C=O) groups is 3. The van der Waals surface area contributed by atoms with Gasteiger partial charge < -0.3 is 20.8 Å². The van der Waals surface area contributed by atoms with E-state index in [1.165, 1.54) is 36.8 Å². The Kier molecular flexibility index (Phi) is 14.7. The molecule has 0 aliphatic rings. The molecule has 0 aliphatic carbocycles. The maximum atomic E-state index is 10.1. The Morgan fingerprint density at radius 3 is 0.897 bits per heavy atom. The maximum absolute atomic E-state index is 10.1. The monoisotopic (exact) mass is 439 g/mol. The number of pyridine rings is 3. The van der Waals surface area contributed by atoms with Crippen LogP contribution in [0.5, 0.6) is 0 Å². The van der Waals surface area contributed by atoms with Crippen LogP contribution in [0.1, 0.15) is 31.5 Å². The second kappa shape index (κ2) is 15.4. The molecule has 0 amide bonds. The molecule has 10 nitrogen and oxygen atoms in total. The predicted octanol–water partition coefficient (Wildman–Crippen LogP) is 1.51. The van der Waals surface area contributed by atoms with E-state index in [0.717, 1.165) is 0 Å². The van der Waals surface area contributed by atoms with E-state index >= 15 is 0 Å². The van der Waals surface area contributed by atoms with Crippen molar-refractivity contribution >= 4 is 17.9 Å². The van der Waals surface area contributed by atoms with Crippen molar-refractivity contribution in [2.75, 3.05) is 0 Å². The maximum Gasteiger partial charge on any atom is 0.354 e. The molecule has 0 bridgehead atoms. The molecule has 3 rings (SSSR count). The average Bonchev–Trinajstić information content (AvgIpc) is 2.71. The molecule has 0 spiro atoms. The first-order chi connectivity index (χ1) is 12.9. The summed E-state index contributed by atoms with van der Waals surface area (Å²) in [4.78, 5) is 41.2. The van der Waals surface area contributed by atoms with Crippen molar-refractivity contribution < 1.29 is 52.5 Å². The number of rotatable bonds is 3. The Balaban J connectivity index is 0. The molecule has 0 aromatic carbocycles. The minimum absolute atomic E-state index is 0. The third-order valence-electron chi connectivity index (χ3n) is 2.65. The molecule has 0 fully saturated rings. The number of carboxylic acids is 3. The Bertz CT molecular complexity index is 749. The molecule has 152 valence electrons. The van der Waals surface area contributed by atoms with Crippen LogP contribution in [-0.2, 0) is 17.4 Å². The average molecular weight is 439 g/mol. The van der Waals surface area contributed by atoms with Gasteiger partial charge in [-0.25, -0.2) is 29.3 Å². The molecule has 5 N–H and O–H groups in total. The molecular formula is C18H17CrN3O7. The second-order valence-corrected chi connectivity index (χ2v) is 4.56. The fourth-order valence-corrected chi connectivity index (χ4v) is 1.47. The standard InChI is InChI=1S/3C6H5NO2.Cr.H2O/c3*8-6(9)5-3-1-2-4-7-5;;/h3*1-4H,(H,8,9);;1H2. The van der Waals surface area contributed by atoms with Gasteiger partial charge in [0, 0.05) is 36.0 Å². The van der Waals surface area contributed by atoms with Crippen molar-refractivity contribution in [3.8, 4) is 0 Å². The van der Waals surface area contributed by atoms with Gasteiger partial charge in [-0.1, -0.05) is 18.2 Å². The number of carboxylic acid groups (broad SMARTS) is 3. The van der Waals surface area contributed by atoms with E-state index < -0.39 is 17.9 Å². The Hall–Kier alpha value is -3.65. The van der Waals surface area contributed by atoms with Gasteiger partial charge in [-0.05, 0) is 36.4 Å². The van der Waals surface area contributed by atoms with Gasteiger partial charge in [-0.15, -0.1) is 0 Å². The Morgan fingerprint density at radius 1 is 0.552 bits per heavy atom. The van der Waals surface area contributed by atoms with Crippen LogP contribution >= 0.6 is 0 Å². The van der Waals surface area contributed by atoms with Gasteiger partial charge in [-0.2, -0.15) is 0 Å². The van der Waals surface area contributed by atoms with Gasteiger partial charge >= 0.3 is 17.9 Å². The van der Waals surface area contributed by atoms with Crippen LogP contribution < -0.4 is 0 Å². The summed E-state index contributed by atoms with van der Waals surface area (Å²) in [6.45, 7) is 0. The van der Waals surface area contributed by atoms with Gasteiger partial charge in [0.15, 0.2) is 0 Å². The van der Waals surface area contributed by atoms with Gasteiger partial charge in [0.05, 0.1) is 0 Å². The zero-order valence-electron chi connectivity index (χ0n) is 14.7. The van der Waals surface area contributed by atoms with E-state index in [4.69, 9.17) is 15.3 Å². The second-order valence-electron chi connectivity index (χ2n) is 4.56. The summed E-state index contributed by atoms with van der Waals surface area (Å²) in [5, 5.41) is 25.0. The fourth-order valence-electron chi connectivity index (χ4n) is 1.47. The molecular weight excluding hydrogens is 422 g/mol. The van der Waals surface area contributed by atoms with Crippen LogP contribution in [0.2, 0.25) is 0 Å². The number of aromatic carboxylic acids is 3. The van der Waals surface area contributed by atoms with E-state index in [1.807, 2.05) is 0 Å². The van der Waals surface area contributed by atoms with Crippen LogP contribution in [0.4, 0.5) is 0 Å². The van der Waals surface area contributed by atoms with E-state index in [0.29, 0.717) is 0 Å². The molecule has 0 radical (unpaired) electrons. The van der Waals surface area contributed by atoms with Crippen LogP contribution in [0.25, 0.3) is 0 Å². The van der Waals surface area contributed by atoms with Gasteiger partial charge in [0.1, 0.15) is 17.1 Å². The molecule has 3 aromatic heterocycles. The molecule has 3 heterocycles. The molecule has 0 unspecified atom stereocenters. The summed E-state index contributed by atoms with van der Waals surface area (Å²) in [6.07, 6.45) is 4.34. The zero-order valence-corrected chi connectivity index (χ0v) is 16.0. The normalized spacial score (nSPS) is 8.28. The van der Waals surface area contributed by atoms with E-state index in [-0.39, 0.29) is 39.9 Å². The first kappa shape index (κ1) is 27.6. The van der Waals surface area contributed by atoms with Crippen LogP contribution in [-0.4, -0.2) is 53.7 Å². The summed E-state index contributed by atoms with van der Waals surface area (Å²) in [5.41, 5.74) is 0.243. The number of nitrogens with zero attached hydrogens (tertiary/aromatic N) is 3.